The maximum absolute atomic E-state index is 12.9. The van der Waals surface area contributed by atoms with Crippen LogP contribution in [0.5, 0.6) is 0 Å². The van der Waals surface area contributed by atoms with Crippen molar-refractivity contribution in [2.24, 2.45) is 0 Å². The molecule has 0 atom stereocenters. The monoisotopic (exact) mass is 407 g/mol. The van der Waals surface area contributed by atoms with Gasteiger partial charge in [0.1, 0.15) is 0 Å². The molecule has 4 rings (SSSR count). The second-order valence-electron chi connectivity index (χ2n) is 6.90. The van der Waals surface area contributed by atoms with Gasteiger partial charge in [-0.2, -0.15) is 23.4 Å². The first-order valence-electron chi connectivity index (χ1n) is 9.11. The summed E-state index contributed by atoms with van der Waals surface area (Å²) < 4.78 is 38.7. The molecule has 1 amide bonds. The Morgan fingerprint density at radius 2 is 1.67 bits per heavy atom. The molecule has 4 nitrogen and oxygen atoms in total. The third kappa shape index (κ3) is 4.00. The SMILES string of the molecule is Cc1ccc(C(=O)Nc2cccc(C(F)(F)F)c2)cc1-c1ccc2cnncc2c1. The summed E-state index contributed by atoms with van der Waals surface area (Å²) in [4.78, 5) is 12.7. The van der Waals surface area contributed by atoms with Crippen LogP contribution in [-0.2, 0) is 6.18 Å². The second kappa shape index (κ2) is 7.59. The van der Waals surface area contributed by atoms with Crippen molar-refractivity contribution >= 4 is 22.4 Å². The highest BCUT2D eigenvalue weighted by atomic mass is 19.4. The zero-order valence-corrected chi connectivity index (χ0v) is 15.9. The number of alkyl halides is 3. The standard InChI is InChI=1S/C23H16F3N3O/c1-14-5-6-16(22(30)29-20-4-2-3-19(11-20)23(24,25)26)10-21(14)15-7-8-17-12-27-28-13-18(17)9-15/h2-13H,1H3,(H,29,30). The Labute approximate surface area is 170 Å². The van der Waals surface area contributed by atoms with Crippen LogP contribution in [-0.4, -0.2) is 16.1 Å². The van der Waals surface area contributed by atoms with Gasteiger partial charge in [-0.15, -0.1) is 0 Å². The van der Waals surface area contributed by atoms with E-state index in [-0.39, 0.29) is 5.69 Å². The van der Waals surface area contributed by atoms with Gasteiger partial charge in [0.2, 0.25) is 0 Å². The van der Waals surface area contributed by atoms with E-state index in [1.165, 1.54) is 12.1 Å². The van der Waals surface area contributed by atoms with E-state index >= 15 is 0 Å². The Balaban J connectivity index is 1.65. The molecule has 1 heterocycles. The molecule has 1 N–H and O–H groups in total. The van der Waals surface area contributed by atoms with Crippen LogP contribution in [0, 0.1) is 6.92 Å². The number of hydrogen-bond donors (Lipinski definition) is 1. The number of halogens is 3. The number of anilines is 1. The molecule has 7 heteroatoms. The number of nitrogens with zero attached hydrogens (tertiary/aromatic N) is 2. The highest BCUT2D eigenvalue weighted by Gasteiger charge is 2.30. The number of nitrogens with one attached hydrogen (secondary N) is 1. The average Bonchev–Trinajstić information content (AvgIpc) is 2.73. The molecule has 0 saturated carbocycles. The van der Waals surface area contributed by atoms with E-state index in [9.17, 15) is 18.0 Å². The van der Waals surface area contributed by atoms with Gasteiger partial charge in [-0.3, -0.25) is 4.79 Å². The van der Waals surface area contributed by atoms with Gasteiger partial charge < -0.3 is 5.32 Å². The number of hydrogen-bond acceptors (Lipinski definition) is 3. The number of benzene rings is 3. The third-order valence-corrected chi connectivity index (χ3v) is 4.81. The molecule has 0 fully saturated rings. The minimum absolute atomic E-state index is 0.0845. The van der Waals surface area contributed by atoms with Gasteiger partial charge in [0.25, 0.3) is 5.91 Å². The first-order valence-corrected chi connectivity index (χ1v) is 9.11. The second-order valence-corrected chi connectivity index (χ2v) is 6.90. The van der Waals surface area contributed by atoms with Gasteiger partial charge in [-0.25, -0.2) is 0 Å². The summed E-state index contributed by atoms with van der Waals surface area (Å²) in [5.41, 5.74) is 2.34. The van der Waals surface area contributed by atoms with Gasteiger partial charge >= 0.3 is 6.18 Å². The Kier molecular flexibility index (Phi) is 4.95. The quantitative estimate of drug-likeness (QED) is 0.462. The van der Waals surface area contributed by atoms with Crippen molar-refractivity contribution in [1.82, 2.24) is 10.2 Å². The lowest BCUT2D eigenvalue weighted by molar-refractivity contribution is -0.137. The highest BCUT2D eigenvalue weighted by molar-refractivity contribution is 6.05. The van der Waals surface area contributed by atoms with Crippen LogP contribution in [0.1, 0.15) is 21.5 Å². The molecular weight excluding hydrogens is 391 g/mol. The largest absolute Gasteiger partial charge is 0.416 e. The average molecular weight is 407 g/mol. The first kappa shape index (κ1) is 19.6. The summed E-state index contributed by atoms with van der Waals surface area (Å²) in [5.74, 6) is -0.484. The summed E-state index contributed by atoms with van der Waals surface area (Å²) in [7, 11) is 0. The van der Waals surface area contributed by atoms with Gasteiger partial charge in [0, 0.05) is 22.0 Å². The lowest BCUT2D eigenvalue weighted by Crippen LogP contribution is -2.13. The van der Waals surface area contributed by atoms with E-state index in [0.717, 1.165) is 39.6 Å². The molecule has 0 bridgehead atoms. The van der Waals surface area contributed by atoms with E-state index in [0.29, 0.717) is 5.56 Å². The van der Waals surface area contributed by atoms with Crippen molar-refractivity contribution in [2.45, 2.75) is 13.1 Å². The van der Waals surface area contributed by atoms with Crippen molar-refractivity contribution < 1.29 is 18.0 Å². The van der Waals surface area contributed by atoms with E-state index < -0.39 is 17.6 Å². The van der Waals surface area contributed by atoms with Crippen molar-refractivity contribution in [3.8, 4) is 11.1 Å². The van der Waals surface area contributed by atoms with Crippen molar-refractivity contribution in [3.05, 3.63) is 89.7 Å². The molecule has 0 unspecified atom stereocenters. The van der Waals surface area contributed by atoms with E-state index in [1.54, 1.807) is 24.5 Å². The van der Waals surface area contributed by atoms with Crippen LogP contribution < -0.4 is 5.32 Å². The maximum Gasteiger partial charge on any atom is 0.416 e. The number of aryl methyl sites for hydroxylation is 1. The minimum Gasteiger partial charge on any atom is -0.322 e. The van der Waals surface area contributed by atoms with Crippen LogP contribution in [0.2, 0.25) is 0 Å². The smallest absolute Gasteiger partial charge is 0.322 e. The molecule has 0 spiro atoms. The molecule has 150 valence electrons. The highest BCUT2D eigenvalue weighted by Crippen LogP contribution is 2.31. The van der Waals surface area contributed by atoms with Gasteiger partial charge in [-0.1, -0.05) is 24.3 Å². The number of aromatic nitrogens is 2. The number of rotatable bonds is 3. The zero-order valence-electron chi connectivity index (χ0n) is 15.9. The minimum atomic E-state index is -4.47. The van der Waals surface area contributed by atoms with Crippen LogP contribution in [0.4, 0.5) is 18.9 Å². The van der Waals surface area contributed by atoms with Crippen LogP contribution in [0.15, 0.2) is 73.1 Å². The fourth-order valence-corrected chi connectivity index (χ4v) is 3.21. The fraction of sp³-hybridized carbons (Fsp3) is 0.0870. The van der Waals surface area contributed by atoms with E-state index in [1.807, 2.05) is 31.2 Å². The first-order chi connectivity index (χ1) is 14.3. The summed E-state index contributed by atoms with van der Waals surface area (Å²) in [6.07, 6.45) is -1.14. The Morgan fingerprint density at radius 3 is 2.43 bits per heavy atom. The Morgan fingerprint density at radius 1 is 0.900 bits per heavy atom. The summed E-state index contributed by atoms with van der Waals surface area (Å²) in [6.45, 7) is 1.93. The van der Waals surface area contributed by atoms with Crippen LogP contribution in [0.25, 0.3) is 21.9 Å². The van der Waals surface area contributed by atoms with Crippen molar-refractivity contribution in [2.75, 3.05) is 5.32 Å². The van der Waals surface area contributed by atoms with E-state index in [2.05, 4.69) is 15.5 Å². The number of carbonyl (C=O) groups excluding carboxylic acids is 1. The zero-order chi connectivity index (χ0) is 21.3. The Bertz CT molecular complexity index is 1250. The molecule has 1 aromatic heterocycles. The topological polar surface area (TPSA) is 54.9 Å². The fourth-order valence-electron chi connectivity index (χ4n) is 3.21. The molecule has 0 aliphatic heterocycles. The Hall–Kier alpha value is -3.74. The van der Waals surface area contributed by atoms with E-state index in [4.69, 9.17) is 0 Å². The van der Waals surface area contributed by atoms with Crippen molar-refractivity contribution in [1.29, 1.82) is 0 Å². The van der Waals surface area contributed by atoms with Gasteiger partial charge in [0.15, 0.2) is 0 Å². The number of carbonyl (C=O) groups is 1. The van der Waals surface area contributed by atoms with Crippen LogP contribution in [0.3, 0.4) is 0 Å². The molecule has 0 aliphatic carbocycles. The summed E-state index contributed by atoms with van der Waals surface area (Å²) in [5, 5.41) is 12.2. The lowest BCUT2D eigenvalue weighted by Gasteiger charge is -2.12. The molecular formula is C23H16F3N3O. The molecule has 3 aromatic carbocycles. The molecule has 0 saturated heterocycles. The predicted octanol–water partition coefficient (Wildman–Crippen LogP) is 5.88. The normalized spacial score (nSPS) is 11.5. The third-order valence-electron chi connectivity index (χ3n) is 4.81. The van der Waals surface area contributed by atoms with Gasteiger partial charge in [-0.05, 0) is 60.0 Å². The number of fused-ring (bicyclic) bond motifs is 1. The maximum atomic E-state index is 12.9. The lowest BCUT2D eigenvalue weighted by atomic mass is 9.96. The number of amides is 1. The molecule has 30 heavy (non-hydrogen) atoms. The van der Waals surface area contributed by atoms with Crippen LogP contribution >= 0.6 is 0 Å². The summed E-state index contributed by atoms with van der Waals surface area (Å²) >= 11 is 0. The molecule has 4 aromatic rings. The van der Waals surface area contributed by atoms with Gasteiger partial charge in [0.05, 0.1) is 18.0 Å². The predicted molar refractivity (Wildman–Crippen MR) is 109 cm³/mol. The van der Waals surface area contributed by atoms with Crippen molar-refractivity contribution in [3.63, 3.8) is 0 Å². The summed E-state index contributed by atoms with van der Waals surface area (Å²) in [6, 6.07) is 15.6. The molecule has 0 aliphatic rings. The molecule has 0 radical (unpaired) electrons.